The first-order valence-electron chi connectivity index (χ1n) is 6.09. The second-order valence-corrected chi connectivity index (χ2v) is 4.66. The van der Waals surface area contributed by atoms with Crippen LogP contribution in [-0.2, 0) is 4.79 Å². The lowest BCUT2D eigenvalue weighted by Gasteiger charge is -2.29. The Morgan fingerprint density at radius 1 is 1.40 bits per heavy atom. The smallest absolute Gasteiger partial charge is 0.227 e. The summed E-state index contributed by atoms with van der Waals surface area (Å²) in [5, 5.41) is 3.29. The van der Waals surface area contributed by atoms with Crippen molar-refractivity contribution in [3.63, 3.8) is 0 Å². The summed E-state index contributed by atoms with van der Waals surface area (Å²) in [5.74, 6) is 0.992. The Bertz CT molecular complexity index is 214. The van der Waals surface area contributed by atoms with Gasteiger partial charge in [0.05, 0.1) is 5.92 Å². The molecule has 15 heavy (non-hydrogen) atoms. The molecule has 1 N–H and O–H groups in total. The zero-order chi connectivity index (χ0) is 11.4. The molecule has 0 aromatic heterocycles. The van der Waals surface area contributed by atoms with E-state index in [2.05, 4.69) is 26.1 Å². The molecule has 1 rings (SSSR count). The normalized spacial score (nSPS) is 25.9. The van der Waals surface area contributed by atoms with Gasteiger partial charge in [-0.25, -0.2) is 0 Å². The maximum Gasteiger partial charge on any atom is 0.227 e. The van der Waals surface area contributed by atoms with Crippen LogP contribution in [0.5, 0.6) is 0 Å². The lowest BCUT2D eigenvalue weighted by molar-refractivity contribution is -0.136. The molecule has 0 bridgehead atoms. The average Bonchev–Trinajstić information content (AvgIpc) is 2.65. The third-order valence-corrected chi connectivity index (χ3v) is 3.67. The highest BCUT2D eigenvalue weighted by Crippen LogP contribution is 2.20. The predicted octanol–water partition coefficient (Wildman–Crippen LogP) is 1.49. The molecular formula is C12H24N2O. The molecular weight excluding hydrogens is 188 g/mol. The van der Waals surface area contributed by atoms with Crippen LogP contribution in [0.1, 0.15) is 33.6 Å². The number of hydrogen-bond acceptors (Lipinski definition) is 2. The number of carbonyl (C=O) groups excluding carboxylic acids is 1. The summed E-state index contributed by atoms with van der Waals surface area (Å²) >= 11 is 0. The Hall–Kier alpha value is -0.570. The van der Waals surface area contributed by atoms with Crippen LogP contribution in [0, 0.1) is 11.8 Å². The predicted molar refractivity (Wildman–Crippen MR) is 62.7 cm³/mol. The second kappa shape index (κ2) is 5.50. The van der Waals surface area contributed by atoms with E-state index in [4.69, 9.17) is 0 Å². The third-order valence-electron chi connectivity index (χ3n) is 3.67. The van der Waals surface area contributed by atoms with Crippen molar-refractivity contribution in [1.82, 2.24) is 10.2 Å². The van der Waals surface area contributed by atoms with Gasteiger partial charge >= 0.3 is 0 Å². The maximum atomic E-state index is 12.2. The standard InChI is InChI=1S/C12H24N2O/c1-5-10(6-2)14(4)12(15)11-8-13-7-9(11)3/h9-11,13H,5-8H2,1-4H3. The lowest BCUT2D eigenvalue weighted by atomic mass is 9.95. The Kier molecular flexibility index (Phi) is 4.58. The molecule has 1 aliphatic rings. The molecule has 3 nitrogen and oxygen atoms in total. The zero-order valence-electron chi connectivity index (χ0n) is 10.4. The van der Waals surface area contributed by atoms with Crippen LogP contribution < -0.4 is 5.32 Å². The Morgan fingerprint density at radius 3 is 2.40 bits per heavy atom. The van der Waals surface area contributed by atoms with E-state index >= 15 is 0 Å². The van der Waals surface area contributed by atoms with Gasteiger partial charge < -0.3 is 10.2 Å². The summed E-state index contributed by atoms with van der Waals surface area (Å²) in [6.07, 6.45) is 2.10. The number of nitrogens with one attached hydrogen (secondary N) is 1. The molecule has 0 aromatic carbocycles. The quantitative estimate of drug-likeness (QED) is 0.765. The number of amides is 1. The molecule has 88 valence electrons. The van der Waals surface area contributed by atoms with E-state index in [-0.39, 0.29) is 5.92 Å². The summed E-state index contributed by atoms with van der Waals surface area (Å²) in [4.78, 5) is 14.2. The largest absolute Gasteiger partial charge is 0.343 e. The van der Waals surface area contributed by atoms with Gasteiger partial charge in [0.2, 0.25) is 5.91 Å². The topological polar surface area (TPSA) is 32.3 Å². The highest BCUT2D eigenvalue weighted by molar-refractivity contribution is 5.79. The molecule has 1 saturated heterocycles. The van der Waals surface area contributed by atoms with Crippen molar-refractivity contribution in [3.8, 4) is 0 Å². The van der Waals surface area contributed by atoms with Gasteiger partial charge in [0.1, 0.15) is 0 Å². The Labute approximate surface area is 93.2 Å². The molecule has 0 spiro atoms. The van der Waals surface area contributed by atoms with Crippen molar-refractivity contribution in [2.24, 2.45) is 11.8 Å². The average molecular weight is 212 g/mol. The molecule has 1 amide bonds. The van der Waals surface area contributed by atoms with Crippen molar-refractivity contribution >= 4 is 5.91 Å². The van der Waals surface area contributed by atoms with Gasteiger partial charge in [-0.2, -0.15) is 0 Å². The van der Waals surface area contributed by atoms with Gasteiger partial charge in [0.15, 0.2) is 0 Å². The van der Waals surface area contributed by atoms with Gasteiger partial charge in [-0.3, -0.25) is 4.79 Å². The van der Waals surface area contributed by atoms with E-state index in [1.165, 1.54) is 0 Å². The van der Waals surface area contributed by atoms with Crippen molar-refractivity contribution in [2.45, 2.75) is 39.7 Å². The van der Waals surface area contributed by atoms with Crippen LogP contribution in [0.2, 0.25) is 0 Å². The van der Waals surface area contributed by atoms with Crippen LogP contribution in [-0.4, -0.2) is 37.0 Å². The number of nitrogens with zero attached hydrogens (tertiary/aromatic N) is 1. The lowest BCUT2D eigenvalue weighted by Crippen LogP contribution is -2.42. The zero-order valence-corrected chi connectivity index (χ0v) is 10.4. The van der Waals surface area contributed by atoms with Crippen LogP contribution in [0.15, 0.2) is 0 Å². The van der Waals surface area contributed by atoms with E-state index in [0.29, 0.717) is 17.9 Å². The van der Waals surface area contributed by atoms with Gasteiger partial charge in [0, 0.05) is 19.6 Å². The van der Waals surface area contributed by atoms with Gasteiger partial charge in [-0.15, -0.1) is 0 Å². The van der Waals surface area contributed by atoms with E-state index in [9.17, 15) is 4.79 Å². The molecule has 0 radical (unpaired) electrons. The fourth-order valence-corrected chi connectivity index (χ4v) is 2.42. The van der Waals surface area contributed by atoms with Crippen LogP contribution in [0.4, 0.5) is 0 Å². The maximum absolute atomic E-state index is 12.2. The monoisotopic (exact) mass is 212 g/mol. The minimum atomic E-state index is 0.190. The SMILES string of the molecule is CCC(CC)N(C)C(=O)C1CNCC1C. The minimum absolute atomic E-state index is 0.190. The first kappa shape index (κ1) is 12.5. The molecule has 2 atom stereocenters. The number of rotatable bonds is 4. The van der Waals surface area contributed by atoms with Crippen LogP contribution >= 0.6 is 0 Å². The number of carbonyl (C=O) groups is 1. The second-order valence-electron chi connectivity index (χ2n) is 4.66. The highest BCUT2D eigenvalue weighted by atomic mass is 16.2. The summed E-state index contributed by atoms with van der Waals surface area (Å²) < 4.78 is 0. The Balaban J connectivity index is 2.58. The van der Waals surface area contributed by atoms with Gasteiger partial charge in [-0.1, -0.05) is 20.8 Å². The summed E-state index contributed by atoms with van der Waals surface area (Å²) in [6.45, 7) is 8.28. The molecule has 0 aromatic rings. The third kappa shape index (κ3) is 2.71. The van der Waals surface area contributed by atoms with Crippen molar-refractivity contribution in [2.75, 3.05) is 20.1 Å². The van der Waals surface area contributed by atoms with Crippen molar-refractivity contribution in [1.29, 1.82) is 0 Å². The first-order valence-corrected chi connectivity index (χ1v) is 6.09. The van der Waals surface area contributed by atoms with E-state index in [0.717, 1.165) is 25.9 Å². The molecule has 2 unspecified atom stereocenters. The van der Waals surface area contributed by atoms with Crippen molar-refractivity contribution < 1.29 is 4.79 Å². The van der Waals surface area contributed by atoms with Gasteiger partial charge in [-0.05, 0) is 25.3 Å². The molecule has 1 fully saturated rings. The molecule has 1 aliphatic heterocycles. The van der Waals surface area contributed by atoms with E-state index in [1.807, 2.05) is 11.9 Å². The summed E-state index contributed by atoms with van der Waals surface area (Å²) in [5.41, 5.74) is 0. The molecule has 3 heteroatoms. The van der Waals surface area contributed by atoms with Crippen LogP contribution in [0.25, 0.3) is 0 Å². The minimum Gasteiger partial charge on any atom is -0.343 e. The van der Waals surface area contributed by atoms with E-state index in [1.54, 1.807) is 0 Å². The molecule has 0 saturated carbocycles. The Morgan fingerprint density at radius 2 is 2.00 bits per heavy atom. The summed E-state index contributed by atoms with van der Waals surface area (Å²) in [7, 11) is 1.95. The van der Waals surface area contributed by atoms with Crippen molar-refractivity contribution in [3.05, 3.63) is 0 Å². The fourth-order valence-electron chi connectivity index (χ4n) is 2.42. The number of hydrogen-bond donors (Lipinski definition) is 1. The van der Waals surface area contributed by atoms with E-state index < -0.39 is 0 Å². The highest BCUT2D eigenvalue weighted by Gasteiger charge is 2.32. The first-order chi connectivity index (χ1) is 7.11. The fraction of sp³-hybridized carbons (Fsp3) is 0.917. The molecule has 0 aliphatic carbocycles. The van der Waals surface area contributed by atoms with Gasteiger partial charge in [0.25, 0.3) is 0 Å². The molecule has 1 heterocycles. The summed E-state index contributed by atoms with van der Waals surface area (Å²) in [6, 6.07) is 0.408. The van der Waals surface area contributed by atoms with Crippen LogP contribution in [0.3, 0.4) is 0 Å².